The summed E-state index contributed by atoms with van der Waals surface area (Å²) in [5, 5.41) is 2.82. The standard InChI is InChI=1S/C23H26N4O4S/c1-17(28)18-5-7-19(8-6-18)25-23(29)11-14-26-16-24-21-15-20(9-10-22(21)26)32(30,31)27-12-3-2-4-13-27/h5-10,15-16H,2-4,11-14H2,1H3,(H,25,29). The van der Waals surface area contributed by atoms with Gasteiger partial charge in [-0.3, -0.25) is 9.59 Å². The van der Waals surface area contributed by atoms with E-state index in [9.17, 15) is 18.0 Å². The summed E-state index contributed by atoms with van der Waals surface area (Å²) in [6.07, 6.45) is 4.69. The Morgan fingerprint density at radius 3 is 2.44 bits per heavy atom. The van der Waals surface area contributed by atoms with Crippen LogP contribution in [0.2, 0.25) is 0 Å². The van der Waals surface area contributed by atoms with Crippen LogP contribution >= 0.6 is 0 Å². The lowest BCUT2D eigenvalue weighted by Gasteiger charge is -2.25. The number of fused-ring (bicyclic) bond motifs is 1. The molecule has 0 bridgehead atoms. The van der Waals surface area contributed by atoms with Crippen molar-refractivity contribution in [1.82, 2.24) is 13.9 Å². The zero-order valence-electron chi connectivity index (χ0n) is 18.0. The first-order valence-electron chi connectivity index (χ1n) is 10.7. The Labute approximate surface area is 187 Å². The number of rotatable bonds is 7. The smallest absolute Gasteiger partial charge is 0.243 e. The molecular formula is C23H26N4O4S. The number of hydrogen-bond acceptors (Lipinski definition) is 5. The molecular weight excluding hydrogens is 428 g/mol. The van der Waals surface area contributed by atoms with Crippen LogP contribution in [-0.2, 0) is 21.4 Å². The van der Waals surface area contributed by atoms with E-state index in [1.54, 1.807) is 53.1 Å². The Balaban J connectivity index is 1.41. The van der Waals surface area contributed by atoms with Gasteiger partial charge in [0.2, 0.25) is 15.9 Å². The van der Waals surface area contributed by atoms with E-state index in [2.05, 4.69) is 10.3 Å². The molecule has 4 rings (SSSR count). The highest BCUT2D eigenvalue weighted by atomic mass is 32.2. The molecule has 9 heteroatoms. The Morgan fingerprint density at radius 1 is 1.03 bits per heavy atom. The predicted molar refractivity (Wildman–Crippen MR) is 122 cm³/mol. The fourth-order valence-corrected chi connectivity index (χ4v) is 5.41. The molecule has 1 N–H and O–H groups in total. The number of benzene rings is 2. The number of carbonyl (C=O) groups excluding carboxylic acids is 2. The van der Waals surface area contributed by atoms with Gasteiger partial charge in [0.15, 0.2) is 5.78 Å². The molecule has 1 fully saturated rings. The van der Waals surface area contributed by atoms with Crippen molar-refractivity contribution in [3.63, 3.8) is 0 Å². The Kier molecular flexibility index (Phi) is 6.38. The number of ketones is 1. The van der Waals surface area contributed by atoms with Crippen molar-refractivity contribution in [2.75, 3.05) is 18.4 Å². The summed E-state index contributed by atoms with van der Waals surface area (Å²) >= 11 is 0. The molecule has 0 saturated carbocycles. The molecule has 1 aliphatic heterocycles. The van der Waals surface area contributed by atoms with Crippen LogP contribution in [-0.4, -0.2) is 47.1 Å². The highest BCUT2D eigenvalue weighted by molar-refractivity contribution is 7.89. The maximum atomic E-state index is 12.9. The van der Waals surface area contributed by atoms with Gasteiger partial charge in [-0.05, 0) is 62.2 Å². The molecule has 0 aliphatic carbocycles. The average Bonchev–Trinajstić information content (AvgIpc) is 3.21. The lowest BCUT2D eigenvalue weighted by molar-refractivity contribution is -0.116. The second kappa shape index (κ2) is 9.22. The molecule has 1 amide bonds. The minimum Gasteiger partial charge on any atom is -0.330 e. The third-order valence-corrected chi connectivity index (χ3v) is 7.59. The van der Waals surface area contributed by atoms with Gasteiger partial charge in [-0.2, -0.15) is 4.31 Å². The highest BCUT2D eigenvalue weighted by Crippen LogP contribution is 2.24. The first-order valence-corrected chi connectivity index (χ1v) is 12.1. The molecule has 1 aromatic heterocycles. The first-order chi connectivity index (χ1) is 15.3. The molecule has 1 saturated heterocycles. The summed E-state index contributed by atoms with van der Waals surface area (Å²) in [7, 11) is -3.51. The van der Waals surface area contributed by atoms with Gasteiger partial charge in [-0.15, -0.1) is 0 Å². The number of Topliss-reactive ketones (excluding diaryl/α,β-unsaturated/α-hetero) is 1. The van der Waals surface area contributed by atoms with Crippen LogP contribution in [0.1, 0.15) is 43.0 Å². The first kappa shape index (κ1) is 22.2. The normalized spacial score (nSPS) is 15.0. The zero-order valence-corrected chi connectivity index (χ0v) is 18.8. The molecule has 2 aromatic carbocycles. The third kappa shape index (κ3) is 4.73. The van der Waals surface area contributed by atoms with Gasteiger partial charge < -0.3 is 9.88 Å². The SMILES string of the molecule is CC(=O)c1ccc(NC(=O)CCn2cnc3cc(S(=O)(=O)N4CCCCC4)ccc32)cc1. The predicted octanol–water partition coefficient (Wildman–Crippen LogP) is 3.44. The fourth-order valence-electron chi connectivity index (χ4n) is 3.87. The van der Waals surface area contributed by atoms with E-state index in [0.717, 1.165) is 24.8 Å². The van der Waals surface area contributed by atoms with E-state index >= 15 is 0 Å². The molecule has 8 nitrogen and oxygen atoms in total. The second-order valence-corrected chi connectivity index (χ2v) is 9.92. The van der Waals surface area contributed by atoms with Crippen LogP contribution in [0.25, 0.3) is 11.0 Å². The Hall–Kier alpha value is -3.04. The lowest BCUT2D eigenvalue weighted by Crippen LogP contribution is -2.35. The molecule has 0 radical (unpaired) electrons. The minimum atomic E-state index is -3.51. The Morgan fingerprint density at radius 2 is 1.75 bits per heavy atom. The number of sulfonamides is 1. The van der Waals surface area contributed by atoms with Crippen LogP contribution in [0.3, 0.4) is 0 Å². The number of amides is 1. The molecule has 0 spiro atoms. The van der Waals surface area contributed by atoms with Crippen LogP contribution in [0, 0.1) is 0 Å². The summed E-state index contributed by atoms with van der Waals surface area (Å²) in [6, 6.07) is 11.7. The van der Waals surface area contributed by atoms with Crippen molar-refractivity contribution in [1.29, 1.82) is 0 Å². The number of imidazole rings is 1. The van der Waals surface area contributed by atoms with E-state index in [0.29, 0.717) is 36.4 Å². The number of nitrogens with zero attached hydrogens (tertiary/aromatic N) is 3. The topological polar surface area (TPSA) is 101 Å². The van der Waals surface area contributed by atoms with Crippen molar-refractivity contribution in [3.05, 3.63) is 54.4 Å². The summed E-state index contributed by atoms with van der Waals surface area (Å²) in [5.74, 6) is -0.187. The van der Waals surface area contributed by atoms with Gasteiger partial charge in [0, 0.05) is 37.3 Å². The van der Waals surface area contributed by atoms with E-state index in [-0.39, 0.29) is 23.0 Å². The van der Waals surface area contributed by atoms with E-state index in [1.807, 2.05) is 4.57 Å². The van der Waals surface area contributed by atoms with E-state index < -0.39 is 10.0 Å². The second-order valence-electron chi connectivity index (χ2n) is 7.98. The number of hydrogen-bond donors (Lipinski definition) is 1. The molecule has 3 aromatic rings. The van der Waals surface area contributed by atoms with Gasteiger partial charge in [-0.25, -0.2) is 13.4 Å². The van der Waals surface area contributed by atoms with Crippen molar-refractivity contribution < 1.29 is 18.0 Å². The van der Waals surface area contributed by atoms with E-state index in [4.69, 9.17) is 0 Å². The largest absolute Gasteiger partial charge is 0.330 e. The monoisotopic (exact) mass is 454 g/mol. The third-order valence-electron chi connectivity index (χ3n) is 5.70. The lowest BCUT2D eigenvalue weighted by atomic mass is 10.1. The number of piperidine rings is 1. The summed E-state index contributed by atoms with van der Waals surface area (Å²) in [5.41, 5.74) is 2.59. The zero-order chi connectivity index (χ0) is 22.7. The van der Waals surface area contributed by atoms with Gasteiger partial charge in [0.1, 0.15) is 0 Å². The summed E-state index contributed by atoms with van der Waals surface area (Å²) < 4.78 is 29.2. The number of aryl methyl sites for hydroxylation is 1. The molecule has 0 atom stereocenters. The molecule has 0 unspecified atom stereocenters. The highest BCUT2D eigenvalue weighted by Gasteiger charge is 2.26. The molecule has 32 heavy (non-hydrogen) atoms. The minimum absolute atomic E-state index is 0.0262. The maximum Gasteiger partial charge on any atom is 0.243 e. The van der Waals surface area contributed by atoms with Crippen molar-refractivity contribution >= 4 is 38.4 Å². The quantitative estimate of drug-likeness (QED) is 0.551. The van der Waals surface area contributed by atoms with Crippen molar-refractivity contribution in [3.8, 4) is 0 Å². The molecule has 168 valence electrons. The summed E-state index contributed by atoms with van der Waals surface area (Å²) in [4.78, 5) is 28.3. The van der Waals surface area contributed by atoms with Gasteiger partial charge in [0.25, 0.3) is 0 Å². The van der Waals surface area contributed by atoms with Gasteiger partial charge in [-0.1, -0.05) is 6.42 Å². The van der Waals surface area contributed by atoms with E-state index in [1.165, 1.54) is 6.92 Å². The van der Waals surface area contributed by atoms with Crippen LogP contribution in [0.5, 0.6) is 0 Å². The van der Waals surface area contributed by atoms with Gasteiger partial charge >= 0.3 is 0 Å². The number of carbonyl (C=O) groups is 2. The molecule has 1 aliphatic rings. The van der Waals surface area contributed by atoms with Crippen LogP contribution in [0.4, 0.5) is 5.69 Å². The average molecular weight is 455 g/mol. The van der Waals surface area contributed by atoms with Crippen LogP contribution in [0.15, 0.2) is 53.7 Å². The van der Waals surface area contributed by atoms with Crippen molar-refractivity contribution in [2.45, 2.75) is 44.0 Å². The summed E-state index contributed by atoms with van der Waals surface area (Å²) in [6.45, 7) is 3.02. The van der Waals surface area contributed by atoms with Crippen molar-refractivity contribution in [2.24, 2.45) is 0 Å². The van der Waals surface area contributed by atoms with Gasteiger partial charge in [0.05, 0.1) is 22.3 Å². The Bertz CT molecular complexity index is 1240. The number of aromatic nitrogens is 2. The number of nitrogens with one attached hydrogen (secondary N) is 1. The maximum absolute atomic E-state index is 12.9. The number of anilines is 1. The fraction of sp³-hybridized carbons (Fsp3) is 0.348. The molecule has 2 heterocycles. The van der Waals surface area contributed by atoms with Crippen LogP contribution < -0.4 is 5.32 Å².